The van der Waals surface area contributed by atoms with Crippen molar-refractivity contribution in [3.05, 3.63) is 12.7 Å². The standard InChI is InChI=1S/C15H24N2O/c1-2-3-7-16-9-12-8-13(11-16)14-5-4-6-15(18)17(14)10-12/h2,12-14H,1,3-11H2/t12-,13+,14+/m0/s1. The SMILES string of the molecule is C=CCCN1C[C@@H]2C[C@H](C1)[C@H]1CCCC(=O)N1C2. The van der Waals surface area contributed by atoms with Crippen LogP contribution in [0.4, 0.5) is 0 Å². The van der Waals surface area contributed by atoms with Crippen molar-refractivity contribution in [1.82, 2.24) is 9.80 Å². The summed E-state index contributed by atoms with van der Waals surface area (Å²) >= 11 is 0. The normalized spacial score (nSPS) is 36.3. The van der Waals surface area contributed by atoms with Gasteiger partial charge in [0, 0.05) is 38.6 Å². The molecule has 0 spiro atoms. The van der Waals surface area contributed by atoms with Gasteiger partial charge in [-0.2, -0.15) is 0 Å². The van der Waals surface area contributed by atoms with Gasteiger partial charge in [0.05, 0.1) is 0 Å². The Bertz CT molecular complexity index is 341. The van der Waals surface area contributed by atoms with Crippen LogP contribution in [0.5, 0.6) is 0 Å². The van der Waals surface area contributed by atoms with E-state index in [-0.39, 0.29) is 0 Å². The summed E-state index contributed by atoms with van der Waals surface area (Å²) in [4.78, 5) is 16.8. The maximum absolute atomic E-state index is 12.0. The first-order chi connectivity index (χ1) is 8.78. The second-order valence-electron chi connectivity index (χ2n) is 6.20. The van der Waals surface area contributed by atoms with Gasteiger partial charge in [-0.3, -0.25) is 4.79 Å². The molecular formula is C15H24N2O. The van der Waals surface area contributed by atoms with Crippen molar-refractivity contribution in [2.45, 2.75) is 38.1 Å². The number of fused-ring (bicyclic) bond motifs is 4. The Morgan fingerprint density at radius 1 is 1.33 bits per heavy atom. The van der Waals surface area contributed by atoms with Crippen LogP contribution in [0.25, 0.3) is 0 Å². The molecule has 3 saturated heterocycles. The molecule has 18 heavy (non-hydrogen) atoms. The number of hydrogen-bond donors (Lipinski definition) is 0. The third-order valence-electron chi connectivity index (χ3n) is 4.90. The average Bonchev–Trinajstić information content (AvgIpc) is 2.38. The lowest BCUT2D eigenvalue weighted by Gasteiger charge is -2.52. The van der Waals surface area contributed by atoms with Gasteiger partial charge in [-0.15, -0.1) is 6.58 Å². The number of piperidine rings is 3. The summed E-state index contributed by atoms with van der Waals surface area (Å²) in [5.41, 5.74) is 0. The van der Waals surface area contributed by atoms with Crippen LogP contribution in [0.2, 0.25) is 0 Å². The molecule has 0 aromatic carbocycles. The Balaban J connectivity index is 1.68. The topological polar surface area (TPSA) is 23.6 Å². The van der Waals surface area contributed by atoms with E-state index >= 15 is 0 Å². The summed E-state index contributed by atoms with van der Waals surface area (Å²) in [5.74, 6) is 1.86. The second kappa shape index (κ2) is 5.04. The fraction of sp³-hybridized carbons (Fsp3) is 0.800. The van der Waals surface area contributed by atoms with Gasteiger partial charge in [0.1, 0.15) is 0 Å². The van der Waals surface area contributed by atoms with Crippen LogP contribution in [0, 0.1) is 11.8 Å². The summed E-state index contributed by atoms with van der Waals surface area (Å²) in [6.45, 7) is 8.36. The van der Waals surface area contributed by atoms with Crippen molar-refractivity contribution in [1.29, 1.82) is 0 Å². The van der Waals surface area contributed by atoms with Crippen LogP contribution >= 0.6 is 0 Å². The molecule has 3 rings (SSSR count). The van der Waals surface area contributed by atoms with Gasteiger partial charge >= 0.3 is 0 Å². The van der Waals surface area contributed by atoms with Crippen LogP contribution in [0.15, 0.2) is 12.7 Å². The minimum absolute atomic E-state index is 0.417. The van der Waals surface area contributed by atoms with Gasteiger partial charge in [0.15, 0.2) is 0 Å². The second-order valence-corrected chi connectivity index (χ2v) is 6.20. The number of rotatable bonds is 3. The minimum Gasteiger partial charge on any atom is -0.339 e. The molecule has 100 valence electrons. The van der Waals surface area contributed by atoms with Crippen molar-refractivity contribution < 1.29 is 4.79 Å². The summed E-state index contributed by atoms with van der Waals surface area (Å²) in [6.07, 6.45) is 7.58. The van der Waals surface area contributed by atoms with Gasteiger partial charge in [-0.25, -0.2) is 0 Å². The molecule has 2 bridgehead atoms. The Morgan fingerprint density at radius 3 is 3.06 bits per heavy atom. The molecule has 3 heteroatoms. The molecular weight excluding hydrogens is 224 g/mol. The molecule has 0 unspecified atom stereocenters. The van der Waals surface area contributed by atoms with Gasteiger partial charge in [0.2, 0.25) is 5.91 Å². The Hall–Kier alpha value is -0.830. The molecule has 0 aliphatic carbocycles. The van der Waals surface area contributed by atoms with Gasteiger partial charge < -0.3 is 9.80 Å². The van der Waals surface area contributed by atoms with E-state index < -0.39 is 0 Å². The fourth-order valence-electron chi connectivity index (χ4n) is 4.17. The molecule has 3 aliphatic rings. The van der Waals surface area contributed by atoms with Gasteiger partial charge in [0.25, 0.3) is 0 Å². The number of carbonyl (C=O) groups is 1. The van der Waals surface area contributed by atoms with Crippen molar-refractivity contribution in [2.75, 3.05) is 26.2 Å². The molecule has 3 heterocycles. The Morgan fingerprint density at radius 2 is 2.22 bits per heavy atom. The first-order valence-corrected chi connectivity index (χ1v) is 7.40. The van der Waals surface area contributed by atoms with Crippen LogP contribution in [-0.2, 0) is 4.79 Å². The van der Waals surface area contributed by atoms with E-state index in [2.05, 4.69) is 16.4 Å². The van der Waals surface area contributed by atoms with Crippen LogP contribution in [0.1, 0.15) is 32.1 Å². The highest BCUT2D eigenvalue weighted by Gasteiger charge is 2.43. The Labute approximate surface area is 110 Å². The van der Waals surface area contributed by atoms with Crippen molar-refractivity contribution in [3.8, 4) is 0 Å². The van der Waals surface area contributed by atoms with Crippen LogP contribution in [-0.4, -0.2) is 47.9 Å². The van der Waals surface area contributed by atoms with E-state index in [1.165, 1.54) is 25.9 Å². The lowest BCUT2D eigenvalue weighted by molar-refractivity contribution is -0.144. The monoisotopic (exact) mass is 248 g/mol. The van der Waals surface area contributed by atoms with E-state index in [9.17, 15) is 4.79 Å². The molecule has 0 aromatic heterocycles. The smallest absolute Gasteiger partial charge is 0.222 e. The molecule has 3 atom stereocenters. The number of hydrogen-bond acceptors (Lipinski definition) is 2. The van der Waals surface area contributed by atoms with E-state index in [0.29, 0.717) is 17.9 Å². The highest BCUT2D eigenvalue weighted by molar-refractivity contribution is 5.77. The lowest BCUT2D eigenvalue weighted by Crippen LogP contribution is -2.60. The molecule has 1 amide bonds. The first kappa shape index (κ1) is 12.2. The maximum atomic E-state index is 12.0. The highest BCUT2D eigenvalue weighted by Crippen LogP contribution is 2.37. The number of likely N-dealkylation sites (tertiary alicyclic amines) is 1. The third-order valence-corrected chi connectivity index (χ3v) is 4.90. The number of nitrogens with zero attached hydrogens (tertiary/aromatic N) is 2. The minimum atomic E-state index is 0.417. The quantitative estimate of drug-likeness (QED) is 0.712. The molecule has 0 saturated carbocycles. The summed E-state index contributed by atoms with van der Waals surface area (Å²) in [5, 5.41) is 0. The maximum Gasteiger partial charge on any atom is 0.222 e. The van der Waals surface area contributed by atoms with E-state index in [1.54, 1.807) is 0 Å². The third kappa shape index (κ3) is 2.20. The van der Waals surface area contributed by atoms with Gasteiger partial charge in [-0.1, -0.05) is 6.08 Å². The first-order valence-electron chi connectivity index (χ1n) is 7.40. The zero-order chi connectivity index (χ0) is 12.5. The van der Waals surface area contributed by atoms with Gasteiger partial charge in [-0.05, 0) is 37.5 Å². The predicted octanol–water partition coefficient (Wildman–Crippen LogP) is 1.90. The molecule has 3 fully saturated rings. The van der Waals surface area contributed by atoms with E-state index in [0.717, 1.165) is 38.3 Å². The Kier molecular flexibility index (Phi) is 3.42. The summed E-state index contributed by atoms with van der Waals surface area (Å²) in [7, 11) is 0. The van der Waals surface area contributed by atoms with Crippen molar-refractivity contribution >= 4 is 5.91 Å². The average molecular weight is 248 g/mol. The van der Waals surface area contributed by atoms with E-state index in [1.807, 2.05) is 6.08 Å². The lowest BCUT2D eigenvalue weighted by atomic mass is 9.76. The fourth-order valence-corrected chi connectivity index (χ4v) is 4.17. The highest BCUT2D eigenvalue weighted by atomic mass is 16.2. The van der Waals surface area contributed by atoms with E-state index in [4.69, 9.17) is 0 Å². The molecule has 0 N–H and O–H groups in total. The summed E-state index contributed by atoms with van der Waals surface area (Å²) < 4.78 is 0. The molecule has 3 nitrogen and oxygen atoms in total. The molecule has 0 aromatic rings. The van der Waals surface area contributed by atoms with Crippen LogP contribution < -0.4 is 0 Å². The molecule has 3 aliphatic heterocycles. The molecule has 0 radical (unpaired) electrons. The summed E-state index contributed by atoms with van der Waals surface area (Å²) in [6, 6.07) is 0.550. The zero-order valence-corrected chi connectivity index (χ0v) is 11.2. The number of carbonyl (C=O) groups excluding carboxylic acids is 1. The predicted molar refractivity (Wildman–Crippen MR) is 72.2 cm³/mol. The van der Waals surface area contributed by atoms with Crippen molar-refractivity contribution in [2.24, 2.45) is 11.8 Å². The van der Waals surface area contributed by atoms with Crippen LogP contribution in [0.3, 0.4) is 0 Å². The zero-order valence-electron chi connectivity index (χ0n) is 11.2. The van der Waals surface area contributed by atoms with Crippen molar-refractivity contribution in [3.63, 3.8) is 0 Å². The largest absolute Gasteiger partial charge is 0.339 e. The number of amides is 1.